The number of rotatable bonds is 5. The molecular formula is C15H11FN4OS. The second-order valence-electron chi connectivity index (χ2n) is 4.43. The van der Waals surface area contributed by atoms with Crippen molar-refractivity contribution in [2.75, 3.05) is 5.75 Å². The summed E-state index contributed by atoms with van der Waals surface area (Å²) < 4.78 is 12.8. The summed E-state index contributed by atoms with van der Waals surface area (Å²) in [7, 11) is 0. The fourth-order valence-electron chi connectivity index (χ4n) is 1.79. The minimum absolute atomic E-state index is 0.0993. The SMILES string of the molecule is O=C(CSc1n[nH]c(-c2cccnc2)n1)c1ccc(F)cc1. The predicted octanol–water partition coefficient (Wildman–Crippen LogP) is 2.98. The first-order valence-corrected chi connectivity index (χ1v) is 7.45. The summed E-state index contributed by atoms with van der Waals surface area (Å²) in [4.78, 5) is 20.3. The molecule has 0 fully saturated rings. The van der Waals surface area contributed by atoms with Crippen LogP contribution in [0.5, 0.6) is 0 Å². The summed E-state index contributed by atoms with van der Waals surface area (Å²) in [5.74, 6) is 0.331. The molecule has 0 aliphatic heterocycles. The molecule has 0 spiro atoms. The molecule has 1 N–H and O–H groups in total. The Morgan fingerprint density at radius 2 is 2.05 bits per heavy atom. The van der Waals surface area contributed by atoms with Gasteiger partial charge in [0.2, 0.25) is 5.16 Å². The van der Waals surface area contributed by atoms with E-state index in [0.29, 0.717) is 16.5 Å². The normalized spacial score (nSPS) is 10.6. The highest BCUT2D eigenvalue weighted by Gasteiger charge is 2.10. The molecule has 7 heteroatoms. The van der Waals surface area contributed by atoms with E-state index in [9.17, 15) is 9.18 Å². The number of halogens is 1. The van der Waals surface area contributed by atoms with Gasteiger partial charge in [0.25, 0.3) is 0 Å². The molecule has 2 aromatic heterocycles. The quantitative estimate of drug-likeness (QED) is 0.579. The van der Waals surface area contributed by atoms with E-state index in [4.69, 9.17) is 0 Å². The number of benzene rings is 1. The van der Waals surface area contributed by atoms with Gasteiger partial charge in [0, 0.05) is 23.5 Å². The topological polar surface area (TPSA) is 71.5 Å². The number of carbonyl (C=O) groups excluding carboxylic acids is 1. The lowest BCUT2D eigenvalue weighted by molar-refractivity contribution is 0.102. The summed E-state index contributed by atoms with van der Waals surface area (Å²) in [6.07, 6.45) is 3.36. The molecule has 0 aliphatic carbocycles. The summed E-state index contributed by atoms with van der Waals surface area (Å²) in [5.41, 5.74) is 1.30. The molecule has 3 rings (SSSR count). The van der Waals surface area contributed by atoms with E-state index in [1.54, 1.807) is 12.4 Å². The zero-order valence-corrected chi connectivity index (χ0v) is 12.2. The molecule has 110 valence electrons. The van der Waals surface area contributed by atoms with Crippen LogP contribution in [0.25, 0.3) is 11.4 Å². The number of carbonyl (C=O) groups is 1. The second kappa shape index (κ2) is 6.48. The van der Waals surface area contributed by atoms with Crippen molar-refractivity contribution in [3.63, 3.8) is 0 Å². The number of Topliss-reactive ketones (excluding diaryl/α,β-unsaturated/α-hetero) is 1. The van der Waals surface area contributed by atoms with Crippen LogP contribution in [0.15, 0.2) is 53.9 Å². The Morgan fingerprint density at radius 1 is 1.23 bits per heavy atom. The molecule has 0 amide bonds. The Morgan fingerprint density at radius 3 is 2.77 bits per heavy atom. The molecule has 0 unspecified atom stereocenters. The predicted molar refractivity (Wildman–Crippen MR) is 81.1 cm³/mol. The van der Waals surface area contributed by atoms with Gasteiger partial charge < -0.3 is 0 Å². The van der Waals surface area contributed by atoms with Crippen molar-refractivity contribution in [2.45, 2.75) is 5.16 Å². The van der Waals surface area contributed by atoms with E-state index in [2.05, 4.69) is 20.2 Å². The molecule has 0 saturated carbocycles. The van der Waals surface area contributed by atoms with E-state index in [-0.39, 0.29) is 17.4 Å². The highest BCUT2D eigenvalue weighted by atomic mass is 32.2. The highest BCUT2D eigenvalue weighted by molar-refractivity contribution is 7.99. The number of hydrogen-bond donors (Lipinski definition) is 1. The first kappa shape index (κ1) is 14.4. The number of aromatic nitrogens is 4. The standard InChI is InChI=1S/C15H11FN4OS/c16-12-5-3-10(4-6-12)13(21)9-22-15-18-14(19-20-15)11-2-1-7-17-8-11/h1-8H,9H2,(H,18,19,20). The zero-order valence-electron chi connectivity index (χ0n) is 11.4. The van der Waals surface area contributed by atoms with Crippen LogP contribution in [-0.4, -0.2) is 31.7 Å². The van der Waals surface area contributed by atoms with E-state index >= 15 is 0 Å². The molecule has 22 heavy (non-hydrogen) atoms. The highest BCUT2D eigenvalue weighted by Crippen LogP contribution is 2.19. The van der Waals surface area contributed by atoms with Gasteiger partial charge in [-0.2, -0.15) is 0 Å². The first-order valence-electron chi connectivity index (χ1n) is 6.47. The fraction of sp³-hybridized carbons (Fsp3) is 0.0667. The lowest BCUT2D eigenvalue weighted by Crippen LogP contribution is -2.02. The number of nitrogens with one attached hydrogen (secondary N) is 1. The Kier molecular flexibility index (Phi) is 4.24. The van der Waals surface area contributed by atoms with Crippen LogP contribution in [-0.2, 0) is 0 Å². The fourth-order valence-corrected chi connectivity index (χ4v) is 2.49. The number of hydrogen-bond acceptors (Lipinski definition) is 5. The molecule has 0 saturated heterocycles. The van der Waals surface area contributed by atoms with E-state index in [0.717, 1.165) is 5.56 Å². The Bertz CT molecular complexity index is 774. The van der Waals surface area contributed by atoms with Gasteiger partial charge in [0.05, 0.1) is 5.75 Å². The summed E-state index contributed by atoms with van der Waals surface area (Å²) in [6.45, 7) is 0. The van der Waals surface area contributed by atoms with Gasteiger partial charge >= 0.3 is 0 Å². The van der Waals surface area contributed by atoms with Crippen LogP contribution >= 0.6 is 11.8 Å². The Hall–Kier alpha value is -2.54. The lowest BCUT2D eigenvalue weighted by atomic mass is 10.1. The number of aromatic amines is 1. The van der Waals surface area contributed by atoms with Crippen LogP contribution in [0.4, 0.5) is 4.39 Å². The van der Waals surface area contributed by atoms with Crippen molar-refractivity contribution in [1.82, 2.24) is 20.2 Å². The van der Waals surface area contributed by atoms with Crippen molar-refractivity contribution in [2.24, 2.45) is 0 Å². The minimum Gasteiger partial charge on any atom is -0.293 e. The molecule has 0 bridgehead atoms. The van der Waals surface area contributed by atoms with Crippen molar-refractivity contribution < 1.29 is 9.18 Å². The van der Waals surface area contributed by atoms with Gasteiger partial charge in [0.1, 0.15) is 5.82 Å². The van der Waals surface area contributed by atoms with Crippen LogP contribution in [0.3, 0.4) is 0 Å². The second-order valence-corrected chi connectivity index (χ2v) is 5.37. The summed E-state index contributed by atoms with van der Waals surface area (Å²) >= 11 is 1.23. The average molecular weight is 314 g/mol. The number of nitrogens with zero attached hydrogens (tertiary/aromatic N) is 3. The molecule has 2 heterocycles. The molecule has 5 nitrogen and oxygen atoms in total. The third-order valence-electron chi connectivity index (χ3n) is 2.90. The van der Waals surface area contributed by atoms with E-state index in [1.807, 2.05) is 12.1 Å². The van der Waals surface area contributed by atoms with Crippen LogP contribution in [0, 0.1) is 5.82 Å². The van der Waals surface area contributed by atoms with Crippen molar-refractivity contribution in [3.8, 4) is 11.4 Å². The molecule has 0 atom stereocenters. The summed E-state index contributed by atoms with van der Waals surface area (Å²) in [6, 6.07) is 9.15. The van der Waals surface area contributed by atoms with E-state index < -0.39 is 0 Å². The van der Waals surface area contributed by atoms with Gasteiger partial charge in [-0.1, -0.05) is 11.8 Å². The molecule has 0 aliphatic rings. The smallest absolute Gasteiger partial charge is 0.209 e. The van der Waals surface area contributed by atoms with E-state index in [1.165, 1.54) is 36.0 Å². The summed E-state index contributed by atoms with van der Waals surface area (Å²) in [5, 5.41) is 7.35. The maximum absolute atomic E-state index is 12.8. The third kappa shape index (κ3) is 3.37. The maximum atomic E-state index is 12.8. The Balaban J connectivity index is 1.64. The van der Waals surface area contributed by atoms with Crippen molar-refractivity contribution >= 4 is 17.5 Å². The zero-order chi connectivity index (χ0) is 15.4. The molecule has 1 aromatic carbocycles. The minimum atomic E-state index is -0.362. The number of ketones is 1. The largest absolute Gasteiger partial charge is 0.293 e. The number of pyridine rings is 1. The first-order chi connectivity index (χ1) is 10.7. The lowest BCUT2D eigenvalue weighted by Gasteiger charge is -1.98. The van der Waals surface area contributed by atoms with Crippen molar-refractivity contribution in [1.29, 1.82) is 0 Å². The molecular weight excluding hydrogens is 303 g/mol. The van der Waals surface area contributed by atoms with Gasteiger partial charge in [-0.25, -0.2) is 9.37 Å². The Labute approximate surface area is 130 Å². The maximum Gasteiger partial charge on any atom is 0.209 e. The van der Waals surface area contributed by atoms with Crippen LogP contribution in [0.2, 0.25) is 0 Å². The van der Waals surface area contributed by atoms with Gasteiger partial charge in [-0.3, -0.25) is 14.9 Å². The third-order valence-corrected chi connectivity index (χ3v) is 3.75. The van der Waals surface area contributed by atoms with Gasteiger partial charge in [-0.05, 0) is 36.4 Å². The average Bonchev–Trinajstić information content (AvgIpc) is 3.03. The van der Waals surface area contributed by atoms with Gasteiger partial charge in [-0.15, -0.1) is 5.10 Å². The molecule has 0 radical (unpaired) electrons. The number of thioether (sulfide) groups is 1. The van der Waals surface area contributed by atoms with Gasteiger partial charge in [0.15, 0.2) is 11.6 Å². The van der Waals surface area contributed by atoms with Crippen LogP contribution < -0.4 is 0 Å². The molecule has 3 aromatic rings. The van der Waals surface area contributed by atoms with Crippen molar-refractivity contribution in [3.05, 3.63) is 60.2 Å². The number of H-pyrrole nitrogens is 1. The monoisotopic (exact) mass is 314 g/mol. The van der Waals surface area contributed by atoms with Crippen LogP contribution in [0.1, 0.15) is 10.4 Å².